The second kappa shape index (κ2) is 11.4. The molecular weight excluding hydrogens is 582 g/mol. The molecule has 0 N–H and O–H groups in total. The number of hydrogen-bond donors (Lipinski definition) is 0. The summed E-state index contributed by atoms with van der Waals surface area (Å²) in [5, 5.41) is 0. The van der Waals surface area contributed by atoms with E-state index in [1.165, 1.54) is 10.4 Å². The molecule has 34 heavy (non-hydrogen) atoms. The van der Waals surface area contributed by atoms with E-state index in [0.29, 0.717) is 32.0 Å². The molecule has 0 aromatic heterocycles. The topological polar surface area (TPSA) is 60.9 Å². The van der Waals surface area contributed by atoms with Crippen LogP contribution in [0.25, 0.3) is 0 Å². The number of halogens is 4. The van der Waals surface area contributed by atoms with E-state index in [2.05, 4.69) is 27.5 Å². The summed E-state index contributed by atoms with van der Waals surface area (Å²) >= 11 is 2.25. The van der Waals surface area contributed by atoms with E-state index >= 15 is 0 Å². The van der Waals surface area contributed by atoms with Crippen LogP contribution in [0.2, 0.25) is 0 Å². The van der Waals surface area contributed by atoms with Gasteiger partial charge < -0.3 is 4.90 Å². The van der Waals surface area contributed by atoms with Gasteiger partial charge in [0, 0.05) is 31.7 Å². The smallest absolute Gasteiger partial charge is 0.342 e. The number of likely N-dealkylation sites (tertiary alicyclic amines) is 2. The van der Waals surface area contributed by atoms with Crippen molar-refractivity contribution in [2.45, 2.75) is 79.6 Å². The van der Waals surface area contributed by atoms with E-state index in [9.17, 15) is 26.4 Å². The molecule has 0 aliphatic carbocycles. The molecule has 0 spiro atoms. The molecule has 0 bridgehead atoms. The van der Waals surface area contributed by atoms with Crippen LogP contribution in [0.4, 0.5) is 13.2 Å². The number of benzene rings is 1. The fourth-order valence-electron chi connectivity index (χ4n) is 4.80. The van der Waals surface area contributed by atoms with Crippen LogP contribution in [0.3, 0.4) is 0 Å². The van der Waals surface area contributed by atoms with E-state index in [4.69, 9.17) is 0 Å². The molecule has 11 heteroatoms. The number of carbonyl (C=O) groups excluding carboxylic acids is 1. The Labute approximate surface area is 214 Å². The molecule has 2 atom stereocenters. The Kier molecular flexibility index (Phi) is 9.30. The van der Waals surface area contributed by atoms with Crippen LogP contribution in [-0.2, 0) is 21.0 Å². The minimum Gasteiger partial charge on any atom is -0.342 e. The van der Waals surface area contributed by atoms with E-state index in [-0.39, 0.29) is 20.9 Å². The van der Waals surface area contributed by atoms with Crippen LogP contribution >= 0.6 is 22.6 Å². The highest BCUT2D eigenvalue weighted by Crippen LogP contribution is 2.34. The number of rotatable bonds is 6. The standard InChI is InChI=1S/C23H33F3IN3O3S/c1-17(2)30(34(32,33)20-9-7-8-18(14-20)23(24,25)26)19-10-13-29(21(27)15-19)16-22(31)28-11-5-3-4-6-12-28/h7-9,14,17,19,21H,3-6,10-13,15-16H2,1-2H3. The largest absolute Gasteiger partial charge is 0.416 e. The number of alkyl halides is 4. The predicted octanol–water partition coefficient (Wildman–Crippen LogP) is 4.73. The summed E-state index contributed by atoms with van der Waals surface area (Å²) < 4.78 is 67.7. The third-order valence-corrected chi connectivity index (χ3v) is 9.94. The maximum absolute atomic E-state index is 13.4. The Balaban J connectivity index is 1.72. The Bertz CT molecular complexity index is 950. The molecule has 0 radical (unpaired) electrons. The number of sulfonamides is 1. The summed E-state index contributed by atoms with van der Waals surface area (Å²) in [7, 11) is -4.13. The van der Waals surface area contributed by atoms with Crippen LogP contribution in [0.5, 0.6) is 0 Å². The van der Waals surface area contributed by atoms with Crippen LogP contribution in [0.1, 0.15) is 57.9 Å². The minimum atomic E-state index is -4.62. The SMILES string of the molecule is CC(C)N(C1CCN(CC(=O)N2CCCCCC2)C(I)C1)S(=O)(=O)c1cccc(C(F)(F)F)c1. The number of amides is 1. The van der Waals surface area contributed by atoms with Gasteiger partial charge >= 0.3 is 6.18 Å². The molecule has 2 saturated heterocycles. The zero-order valence-electron chi connectivity index (χ0n) is 19.6. The minimum absolute atomic E-state index is 0.0507. The summed E-state index contributed by atoms with van der Waals surface area (Å²) in [4.78, 5) is 16.5. The Morgan fingerprint density at radius 2 is 1.79 bits per heavy atom. The van der Waals surface area contributed by atoms with Gasteiger partial charge in [-0.15, -0.1) is 0 Å². The number of nitrogens with zero attached hydrogens (tertiary/aromatic N) is 3. The van der Waals surface area contributed by atoms with Gasteiger partial charge in [-0.1, -0.05) is 41.5 Å². The summed E-state index contributed by atoms with van der Waals surface area (Å²) in [6, 6.07) is 3.16. The third-order valence-electron chi connectivity index (χ3n) is 6.52. The fourth-order valence-corrected chi connectivity index (χ4v) is 7.77. The van der Waals surface area contributed by atoms with Gasteiger partial charge in [0.15, 0.2) is 0 Å². The van der Waals surface area contributed by atoms with Gasteiger partial charge in [-0.2, -0.15) is 17.5 Å². The van der Waals surface area contributed by atoms with Gasteiger partial charge in [0.05, 0.1) is 21.1 Å². The van der Waals surface area contributed by atoms with Gasteiger partial charge in [0.1, 0.15) is 0 Å². The molecule has 0 saturated carbocycles. The molecule has 1 amide bonds. The first-order valence-corrected chi connectivity index (χ1v) is 14.5. The average molecular weight is 616 g/mol. The molecule has 2 fully saturated rings. The van der Waals surface area contributed by atoms with Gasteiger partial charge in [-0.05, 0) is 57.7 Å². The average Bonchev–Trinajstić information content (AvgIpc) is 3.04. The van der Waals surface area contributed by atoms with E-state index in [1.807, 2.05) is 4.90 Å². The van der Waals surface area contributed by atoms with E-state index in [1.54, 1.807) is 13.8 Å². The molecule has 2 aliphatic rings. The highest BCUT2D eigenvalue weighted by Gasteiger charge is 2.40. The van der Waals surface area contributed by atoms with E-state index < -0.39 is 27.8 Å². The lowest BCUT2D eigenvalue weighted by Crippen LogP contribution is -2.53. The van der Waals surface area contributed by atoms with Crippen LogP contribution in [0, 0.1) is 0 Å². The molecule has 2 heterocycles. The lowest BCUT2D eigenvalue weighted by molar-refractivity contribution is -0.137. The summed E-state index contributed by atoms with van der Waals surface area (Å²) in [5.41, 5.74) is -0.981. The van der Waals surface area contributed by atoms with Crippen molar-refractivity contribution in [2.75, 3.05) is 26.2 Å². The maximum atomic E-state index is 13.4. The van der Waals surface area contributed by atoms with Crippen LogP contribution in [-0.4, -0.2) is 70.7 Å². The van der Waals surface area contributed by atoms with Gasteiger partial charge in [-0.3, -0.25) is 9.69 Å². The Morgan fingerprint density at radius 1 is 1.15 bits per heavy atom. The van der Waals surface area contributed by atoms with Crippen molar-refractivity contribution in [2.24, 2.45) is 0 Å². The zero-order chi connectivity index (χ0) is 25.1. The second-order valence-corrected chi connectivity index (χ2v) is 12.6. The molecule has 2 aliphatic heterocycles. The highest BCUT2D eigenvalue weighted by atomic mass is 127. The summed E-state index contributed by atoms with van der Waals surface area (Å²) in [6.45, 7) is 5.92. The summed E-state index contributed by atoms with van der Waals surface area (Å²) in [6.07, 6.45) is 0.751. The lowest BCUT2D eigenvalue weighted by Gasteiger charge is -2.42. The van der Waals surface area contributed by atoms with Crippen molar-refractivity contribution < 1.29 is 26.4 Å². The quantitative estimate of drug-likeness (QED) is 0.264. The monoisotopic (exact) mass is 615 g/mol. The van der Waals surface area contributed by atoms with Gasteiger partial charge in [0.2, 0.25) is 15.9 Å². The lowest BCUT2D eigenvalue weighted by atomic mass is 10.0. The molecular formula is C23H33F3IN3O3S. The van der Waals surface area contributed by atoms with Crippen molar-refractivity contribution in [1.82, 2.24) is 14.1 Å². The molecule has 1 aromatic carbocycles. The number of hydrogen-bond acceptors (Lipinski definition) is 4. The van der Waals surface area contributed by atoms with E-state index in [0.717, 1.165) is 50.9 Å². The Morgan fingerprint density at radius 3 is 2.35 bits per heavy atom. The Hall–Kier alpha value is -0.920. The van der Waals surface area contributed by atoms with Crippen molar-refractivity contribution in [1.29, 1.82) is 0 Å². The molecule has 6 nitrogen and oxygen atoms in total. The van der Waals surface area contributed by atoms with Crippen LogP contribution < -0.4 is 0 Å². The zero-order valence-corrected chi connectivity index (χ0v) is 22.6. The van der Waals surface area contributed by atoms with Crippen molar-refractivity contribution >= 4 is 38.5 Å². The molecule has 3 rings (SSSR count). The first-order valence-electron chi connectivity index (χ1n) is 11.8. The first kappa shape index (κ1) is 27.7. The van der Waals surface area contributed by atoms with Crippen molar-refractivity contribution in [3.05, 3.63) is 29.8 Å². The van der Waals surface area contributed by atoms with Crippen molar-refractivity contribution in [3.8, 4) is 0 Å². The predicted molar refractivity (Wildman–Crippen MR) is 133 cm³/mol. The van der Waals surface area contributed by atoms with Crippen molar-refractivity contribution in [3.63, 3.8) is 0 Å². The highest BCUT2D eigenvalue weighted by molar-refractivity contribution is 14.1. The van der Waals surface area contributed by atoms with Crippen LogP contribution in [0.15, 0.2) is 29.2 Å². The number of carbonyl (C=O) groups is 1. The van der Waals surface area contributed by atoms with Gasteiger partial charge in [0.25, 0.3) is 0 Å². The van der Waals surface area contributed by atoms with Gasteiger partial charge in [-0.25, -0.2) is 8.42 Å². The fraction of sp³-hybridized carbons (Fsp3) is 0.696. The maximum Gasteiger partial charge on any atom is 0.416 e. The summed E-state index contributed by atoms with van der Waals surface area (Å²) in [5.74, 6) is 0.110. The normalized spacial score (nSPS) is 23.4. The third kappa shape index (κ3) is 6.64. The number of piperidine rings is 1. The molecule has 2 unspecified atom stereocenters. The second-order valence-electron chi connectivity index (χ2n) is 9.33. The molecule has 192 valence electrons. The first-order chi connectivity index (χ1) is 15.9. The molecule has 1 aromatic rings.